The van der Waals surface area contributed by atoms with Crippen LogP contribution in [0.1, 0.15) is 38.8 Å². The molecule has 2 fully saturated rings. The molecular weight excluding hydrogens is 300 g/mol. The zero-order chi connectivity index (χ0) is 17.0. The fraction of sp³-hybridized carbons (Fsp3) is 0.529. The van der Waals surface area contributed by atoms with Gasteiger partial charge in [-0.25, -0.2) is 18.6 Å². The Labute approximate surface area is 134 Å². The lowest BCUT2D eigenvalue weighted by Gasteiger charge is -2.33. The van der Waals surface area contributed by atoms with E-state index in [0.717, 1.165) is 0 Å². The van der Waals surface area contributed by atoms with E-state index in [1.54, 1.807) is 18.0 Å². The van der Waals surface area contributed by atoms with Gasteiger partial charge in [0.05, 0.1) is 18.0 Å². The molecule has 1 aromatic rings. The highest BCUT2D eigenvalue weighted by Crippen LogP contribution is 2.48. The van der Waals surface area contributed by atoms with E-state index in [0.29, 0.717) is 25.1 Å². The summed E-state index contributed by atoms with van der Waals surface area (Å²) in [5, 5.41) is 3.40. The van der Waals surface area contributed by atoms with E-state index >= 15 is 0 Å². The molecule has 2 atom stereocenters. The van der Waals surface area contributed by atoms with E-state index in [9.17, 15) is 13.6 Å². The van der Waals surface area contributed by atoms with E-state index in [-0.39, 0.29) is 17.6 Å². The summed E-state index contributed by atoms with van der Waals surface area (Å²) < 4.78 is 28.3. The molecule has 0 aromatic heterocycles. The molecule has 2 heterocycles. The first-order chi connectivity index (χ1) is 10.7. The normalized spacial score (nSPS) is 28.1. The minimum atomic E-state index is -1.65. The molecule has 0 spiro atoms. The molecule has 0 bridgehead atoms. The van der Waals surface area contributed by atoms with Crippen LogP contribution < -0.4 is 0 Å². The highest BCUT2D eigenvalue weighted by molar-refractivity contribution is 5.86. The maximum atomic E-state index is 14.6. The van der Waals surface area contributed by atoms with Gasteiger partial charge in [-0.15, -0.1) is 0 Å². The SMILES string of the molecule is [C-]#[N+]c1cc(F)cc([C@H]2CCN3C[C@](C)(C(C)(C)F)C(=O)N23)c1. The van der Waals surface area contributed by atoms with Gasteiger partial charge in [-0.1, -0.05) is 6.07 Å². The van der Waals surface area contributed by atoms with Gasteiger partial charge < -0.3 is 0 Å². The largest absolute Gasteiger partial charge is 0.273 e. The van der Waals surface area contributed by atoms with Gasteiger partial charge in [0.25, 0.3) is 0 Å². The van der Waals surface area contributed by atoms with Crippen LogP contribution in [0.25, 0.3) is 4.85 Å². The number of nitrogens with zero attached hydrogens (tertiary/aromatic N) is 3. The van der Waals surface area contributed by atoms with E-state index in [1.165, 1.54) is 26.0 Å². The molecule has 0 N–H and O–H groups in total. The number of hydrazine groups is 1. The van der Waals surface area contributed by atoms with Crippen molar-refractivity contribution in [1.82, 2.24) is 10.0 Å². The Hall–Kier alpha value is -2.00. The summed E-state index contributed by atoms with van der Waals surface area (Å²) in [4.78, 5) is 16.1. The van der Waals surface area contributed by atoms with Crippen LogP contribution in [0.2, 0.25) is 0 Å². The third-order valence-corrected chi connectivity index (χ3v) is 5.17. The number of fused-ring (bicyclic) bond motifs is 1. The van der Waals surface area contributed by atoms with E-state index in [4.69, 9.17) is 6.57 Å². The van der Waals surface area contributed by atoms with Crippen molar-refractivity contribution in [2.24, 2.45) is 5.41 Å². The average molecular weight is 319 g/mol. The second-order valence-corrected chi connectivity index (χ2v) is 7.00. The van der Waals surface area contributed by atoms with Gasteiger partial charge in [0.2, 0.25) is 5.91 Å². The van der Waals surface area contributed by atoms with Crippen LogP contribution in [-0.2, 0) is 4.79 Å². The molecule has 6 heteroatoms. The van der Waals surface area contributed by atoms with Crippen molar-refractivity contribution < 1.29 is 13.6 Å². The Bertz CT molecular complexity index is 707. The van der Waals surface area contributed by atoms with Crippen molar-refractivity contribution in [3.05, 3.63) is 41.0 Å². The van der Waals surface area contributed by atoms with Gasteiger partial charge in [-0.3, -0.25) is 9.80 Å². The Balaban J connectivity index is 1.98. The third kappa shape index (κ3) is 2.31. The third-order valence-electron chi connectivity index (χ3n) is 5.17. The van der Waals surface area contributed by atoms with Gasteiger partial charge in [0.1, 0.15) is 11.5 Å². The Morgan fingerprint density at radius 3 is 2.70 bits per heavy atom. The van der Waals surface area contributed by atoms with E-state index in [2.05, 4.69) is 4.85 Å². The number of alkyl halides is 1. The van der Waals surface area contributed by atoms with Gasteiger partial charge in [0.15, 0.2) is 5.69 Å². The number of amides is 1. The van der Waals surface area contributed by atoms with Crippen LogP contribution in [0.5, 0.6) is 0 Å². The van der Waals surface area contributed by atoms with Gasteiger partial charge in [-0.05, 0) is 44.9 Å². The molecule has 2 aliphatic heterocycles. The summed E-state index contributed by atoms with van der Waals surface area (Å²) in [6.45, 7) is 12.5. The number of carbonyl (C=O) groups is 1. The smallest absolute Gasteiger partial charge is 0.247 e. The minimum Gasteiger partial charge on any atom is -0.273 e. The molecule has 2 saturated heterocycles. The second-order valence-electron chi connectivity index (χ2n) is 7.00. The molecule has 2 aliphatic rings. The fourth-order valence-electron chi connectivity index (χ4n) is 3.41. The van der Waals surface area contributed by atoms with Crippen molar-refractivity contribution >= 4 is 11.6 Å². The Morgan fingerprint density at radius 2 is 2.09 bits per heavy atom. The zero-order valence-corrected chi connectivity index (χ0v) is 13.4. The van der Waals surface area contributed by atoms with Crippen molar-refractivity contribution in [3.8, 4) is 0 Å². The molecule has 122 valence electrons. The summed E-state index contributed by atoms with van der Waals surface area (Å²) in [6, 6.07) is 3.78. The zero-order valence-electron chi connectivity index (χ0n) is 13.4. The number of halogens is 2. The molecule has 0 aliphatic carbocycles. The second kappa shape index (κ2) is 5.00. The Kier molecular flexibility index (Phi) is 3.45. The monoisotopic (exact) mass is 319 g/mol. The summed E-state index contributed by atoms with van der Waals surface area (Å²) in [5.41, 5.74) is -1.98. The highest BCUT2D eigenvalue weighted by Gasteiger charge is 2.59. The number of rotatable bonds is 2. The molecule has 3 rings (SSSR count). The summed E-state index contributed by atoms with van der Waals surface area (Å²) in [7, 11) is 0. The van der Waals surface area contributed by atoms with Gasteiger partial charge in [-0.2, -0.15) is 0 Å². The van der Waals surface area contributed by atoms with Gasteiger partial charge >= 0.3 is 0 Å². The molecule has 0 saturated carbocycles. The fourth-order valence-corrected chi connectivity index (χ4v) is 3.41. The minimum absolute atomic E-state index is 0.207. The maximum absolute atomic E-state index is 14.6. The topological polar surface area (TPSA) is 27.9 Å². The first-order valence-electron chi connectivity index (χ1n) is 7.63. The molecule has 4 nitrogen and oxygen atoms in total. The van der Waals surface area contributed by atoms with Crippen molar-refractivity contribution in [2.45, 2.75) is 38.9 Å². The number of hydrogen-bond acceptors (Lipinski definition) is 2. The molecular formula is C17H19F2N3O. The maximum Gasteiger partial charge on any atom is 0.247 e. The molecule has 23 heavy (non-hydrogen) atoms. The van der Waals surface area contributed by atoms with Crippen molar-refractivity contribution in [3.63, 3.8) is 0 Å². The highest BCUT2D eigenvalue weighted by atomic mass is 19.1. The standard InChI is InChI=1S/C17H19F2N3O/c1-16(2,19)17(3)10-21-6-5-14(22(21)15(17)23)11-7-12(18)9-13(8-11)20-4/h7-9,14H,5-6,10H2,1-3H3/t14-,17+/m1/s1. The predicted octanol–water partition coefficient (Wildman–Crippen LogP) is 3.63. The first-order valence-corrected chi connectivity index (χ1v) is 7.63. The summed E-state index contributed by atoms with van der Waals surface area (Å²) in [5.74, 6) is -0.770. The Morgan fingerprint density at radius 1 is 1.39 bits per heavy atom. The molecule has 1 aromatic carbocycles. The van der Waals surface area contributed by atoms with Crippen molar-refractivity contribution in [2.75, 3.05) is 13.1 Å². The van der Waals surface area contributed by atoms with Crippen LogP contribution in [-0.4, -0.2) is 34.7 Å². The van der Waals surface area contributed by atoms with Crippen LogP contribution in [0, 0.1) is 17.8 Å². The number of carbonyl (C=O) groups excluding carboxylic acids is 1. The lowest BCUT2D eigenvalue weighted by atomic mass is 9.76. The first kappa shape index (κ1) is 15.9. The van der Waals surface area contributed by atoms with E-state index < -0.39 is 16.9 Å². The quantitative estimate of drug-likeness (QED) is 0.779. The lowest BCUT2D eigenvalue weighted by Crippen LogP contribution is -2.46. The van der Waals surface area contributed by atoms with Crippen LogP contribution in [0.4, 0.5) is 14.5 Å². The van der Waals surface area contributed by atoms with Crippen LogP contribution in [0.3, 0.4) is 0 Å². The van der Waals surface area contributed by atoms with Crippen LogP contribution in [0.15, 0.2) is 18.2 Å². The number of hydrogen-bond donors (Lipinski definition) is 0. The molecule has 0 unspecified atom stereocenters. The van der Waals surface area contributed by atoms with Gasteiger partial charge in [0, 0.05) is 13.1 Å². The average Bonchev–Trinajstić information content (AvgIpc) is 2.97. The van der Waals surface area contributed by atoms with E-state index in [1.807, 2.05) is 5.01 Å². The lowest BCUT2D eigenvalue weighted by molar-refractivity contribution is -0.147. The number of benzene rings is 1. The molecule has 1 amide bonds. The van der Waals surface area contributed by atoms with Crippen molar-refractivity contribution in [1.29, 1.82) is 0 Å². The summed E-state index contributed by atoms with van der Waals surface area (Å²) in [6.07, 6.45) is 0.648. The van der Waals surface area contributed by atoms with Crippen LogP contribution >= 0.6 is 0 Å². The predicted molar refractivity (Wildman–Crippen MR) is 81.7 cm³/mol. The molecule has 0 radical (unpaired) electrons. The summed E-state index contributed by atoms with van der Waals surface area (Å²) >= 11 is 0.